The quantitative estimate of drug-likeness (QED) is 0.495. The number of aromatic nitrogens is 1. The van der Waals surface area contributed by atoms with Crippen molar-refractivity contribution in [1.82, 2.24) is 4.98 Å². The third-order valence-corrected chi connectivity index (χ3v) is 2.21. The van der Waals surface area contributed by atoms with Crippen molar-refractivity contribution in [2.24, 2.45) is 0 Å². The molecule has 0 spiro atoms. The van der Waals surface area contributed by atoms with Gasteiger partial charge in [-0.2, -0.15) is 0 Å². The number of epoxide rings is 1. The predicted octanol–water partition coefficient (Wildman–Crippen LogP) is 1.08. The van der Waals surface area contributed by atoms with E-state index in [-0.39, 0.29) is 0 Å². The second kappa shape index (κ2) is 1.40. The summed E-state index contributed by atoms with van der Waals surface area (Å²) in [5.41, 5.74) is 2.55. The lowest BCUT2D eigenvalue weighted by atomic mass is 10.2. The second-order valence-corrected chi connectivity index (χ2v) is 2.84. The van der Waals surface area contributed by atoms with Crippen LogP contribution in [0.1, 0.15) is 17.4 Å². The van der Waals surface area contributed by atoms with Gasteiger partial charge in [0.1, 0.15) is 6.10 Å². The SMILES string of the molecule is c1cnc2c(c1)C1O[C@H]1C2. The summed E-state index contributed by atoms with van der Waals surface area (Å²) in [4.78, 5) is 4.26. The first-order chi connectivity index (χ1) is 4.95. The van der Waals surface area contributed by atoms with Crippen LogP contribution in [0.5, 0.6) is 0 Å². The van der Waals surface area contributed by atoms with Crippen molar-refractivity contribution in [3.05, 3.63) is 29.6 Å². The van der Waals surface area contributed by atoms with Gasteiger partial charge in [-0.1, -0.05) is 6.07 Å². The highest BCUT2D eigenvalue weighted by Crippen LogP contribution is 2.47. The summed E-state index contributed by atoms with van der Waals surface area (Å²) >= 11 is 0. The van der Waals surface area contributed by atoms with Crippen molar-refractivity contribution in [3.8, 4) is 0 Å². The Balaban J connectivity index is 2.22. The Labute approximate surface area is 58.8 Å². The first-order valence-corrected chi connectivity index (χ1v) is 3.54. The van der Waals surface area contributed by atoms with E-state index in [1.807, 2.05) is 12.3 Å². The van der Waals surface area contributed by atoms with Crippen LogP contribution in [0, 0.1) is 0 Å². The fraction of sp³-hybridized carbons (Fsp3) is 0.375. The lowest BCUT2D eigenvalue weighted by Gasteiger charge is -1.97. The van der Waals surface area contributed by atoms with E-state index in [1.54, 1.807) is 0 Å². The molecule has 2 nitrogen and oxygen atoms in total. The molecule has 10 heavy (non-hydrogen) atoms. The maximum atomic E-state index is 5.34. The minimum Gasteiger partial charge on any atom is -0.364 e. The van der Waals surface area contributed by atoms with E-state index in [0.717, 1.165) is 6.42 Å². The lowest BCUT2D eigenvalue weighted by molar-refractivity contribution is 0.358. The maximum absolute atomic E-state index is 5.34. The topological polar surface area (TPSA) is 25.4 Å². The van der Waals surface area contributed by atoms with Crippen molar-refractivity contribution in [2.45, 2.75) is 18.6 Å². The van der Waals surface area contributed by atoms with Crippen LogP contribution in [-0.4, -0.2) is 11.1 Å². The van der Waals surface area contributed by atoms with E-state index < -0.39 is 0 Å². The van der Waals surface area contributed by atoms with Crippen LogP contribution in [-0.2, 0) is 11.2 Å². The van der Waals surface area contributed by atoms with Crippen LogP contribution >= 0.6 is 0 Å². The largest absolute Gasteiger partial charge is 0.364 e. The number of ether oxygens (including phenoxy) is 1. The zero-order valence-electron chi connectivity index (χ0n) is 5.45. The number of rotatable bonds is 0. The molecule has 2 heterocycles. The van der Waals surface area contributed by atoms with Crippen LogP contribution in [0.4, 0.5) is 0 Å². The Hall–Kier alpha value is -0.890. The molecule has 1 aliphatic carbocycles. The zero-order valence-corrected chi connectivity index (χ0v) is 5.45. The molecule has 1 aromatic heterocycles. The Bertz CT molecular complexity index is 284. The fourth-order valence-electron chi connectivity index (χ4n) is 1.64. The molecule has 1 unspecified atom stereocenters. The average molecular weight is 133 g/mol. The monoisotopic (exact) mass is 133 g/mol. The Kier molecular flexibility index (Phi) is 0.680. The van der Waals surface area contributed by atoms with Crippen molar-refractivity contribution >= 4 is 0 Å². The number of hydrogen-bond acceptors (Lipinski definition) is 2. The normalized spacial score (nSPS) is 33.2. The summed E-state index contributed by atoms with van der Waals surface area (Å²) in [5.74, 6) is 0. The molecule has 0 radical (unpaired) electrons. The molecule has 0 N–H and O–H groups in total. The van der Waals surface area contributed by atoms with Crippen molar-refractivity contribution in [2.75, 3.05) is 0 Å². The predicted molar refractivity (Wildman–Crippen MR) is 35.6 cm³/mol. The maximum Gasteiger partial charge on any atom is 0.111 e. The van der Waals surface area contributed by atoms with E-state index in [9.17, 15) is 0 Å². The fourth-order valence-corrected chi connectivity index (χ4v) is 1.64. The van der Waals surface area contributed by atoms with Gasteiger partial charge in [0.25, 0.3) is 0 Å². The minimum absolute atomic E-state index is 0.406. The standard InChI is InChI=1S/C8H7NO/c1-2-5-6(9-3-1)4-7-8(5)10-7/h1-3,7-8H,4H2/t7-,8?/m0/s1. The van der Waals surface area contributed by atoms with E-state index in [4.69, 9.17) is 4.74 Å². The average Bonchev–Trinajstić information content (AvgIpc) is 2.64. The van der Waals surface area contributed by atoms with Gasteiger partial charge in [0.2, 0.25) is 0 Å². The van der Waals surface area contributed by atoms with Crippen LogP contribution < -0.4 is 0 Å². The number of pyridine rings is 1. The molecule has 2 heteroatoms. The minimum atomic E-state index is 0.406. The summed E-state index contributed by atoms with van der Waals surface area (Å²) in [6.07, 6.45) is 3.76. The van der Waals surface area contributed by atoms with E-state index in [1.165, 1.54) is 11.3 Å². The third-order valence-electron chi connectivity index (χ3n) is 2.21. The molecular formula is C8H7NO. The highest BCUT2D eigenvalue weighted by atomic mass is 16.6. The van der Waals surface area contributed by atoms with Crippen molar-refractivity contribution in [1.29, 1.82) is 0 Å². The molecule has 0 bridgehead atoms. The van der Waals surface area contributed by atoms with Crippen molar-refractivity contribution < 1.29 is 4.74 Å². The zero-order chi connectivity index (χ0) is 6.55. The van der Waals surface area contributed by atoms with Gasteiger partial charge in [0.15, 0.2) is 0 Å². The van der Waals surface area contributed by atoms with E-state index in [0.29, 0.717) is 12.2 Å². The molecule has 2 atom stereocenters. The van der Waals surface area contributed by atoms with Crippen LogP contribution in [0.15, 0.2) is 18.3 Å². The summed E-state index contributed by atoms with van der Waals surface area (Å²) in [5, 5.41) is 0. The number of nitrogens with zero attached hydrogens (tertiary/aromatic N) is 1. The van der Waals surface area contributed by atoms with Gasteiger partial charge in [0.05, 0.1) is 6.10 Å². The van der Waals surface area contributed by atoms with Crippen LogP contribution in [0.25, 0.3) is 0 Å². The second-order valence-electron chi connectivity index (χ2n) is 2.84. The first-order valence-electron chi connectivity index (χ1n) is 3.54. The Morgan fingerprint density at radius 1 is 1.60 bits per heavy atom. The molecule has 1 fully saturated rings. The molecule has 1 saturated heterocycles. The van der Waals surface area contributed by atoms with Gasteiger partial charge in [-0.25, -0.2) is 0 Å². The number of hydrogen-bond donors (Lipinski definition) is 0. The molecule has 0 aromatic carbocycles. The van der Waals surface area contributed by atoms with Gasteiger partial charge in [-0.15, -0.1) is 0 Å². The highest BCUT2D eigenvalue weighted by Gasteiger charge is 2.47. The van der Waals surface area contributed by atoms with Gasteiger partial charge in [-0.05, 0) is 6.07 Å². The van der Waals surface area contributed by atoms with Crippen LogP contribution in [0.3, 0.4) is 0 Å². The smallest absolute Gasteiger partial charge is 0.111 e. The van der Waals surface area contributed by atoms with Gasteiger partial charge < -0.3 is 4.74 Å². The number of fused-ring (bicyclic) bond motifs is 3. The van der Waals surface area contributed by atoms with Gasteiger partial charge in [-0.3, -0.25) is 4.98 Å². The van der Waals surface area contributed by atoms with Crippen molar-refractivity contribution in [3.63, 3.8) is 0 Å². The summed E-state index contributed by atoms with van der Waals surface area (Å²) in [7, 11) is 0. The van der Waals surface area contributed by atoms with E-state index in [2.05, 4.69) is 11.1 Å². The molecule has 0 saturated carbocycles. The Morgan fingerprint density at radius 2 is 2.60 bits per heavy atom. The Morgan fingerprint density at radius 3 is 3.50 bits per heavy atom. The van der Waals surface area contributed by atoms with E-state index >= 15 is 0 Å². The highest BCUT2D eigenvalue weighted by molar-refractivity contribution is 5.33. The molecule has 0 amide bonds. The molecular weight excluding hydrogens is 126 g/mol. The lowest BCUT2D eigenvalue weighted by Crippen LogP contribution is -1.91. The molecule has 1 aliphatic heterocycles. The first kappa shape index (κ1) is 4.85. The molecule has 1 aromatic rings. The summed E-state index contributed by atoms with van der Waals surface area (Å²) in [6.45, 7) is 0. The van der Waals surface area contributed by atoms with Gasteiger partial charge >= 0.3 is 0 Å². The summed E-state index contributed by atoms with van der Waals surface area (Å²) in [6, 6.07) is 4.09. The molecule has 2 aliphatic rings. The summed E-state index contributed by atoms with van der Waals surface area (Å²) < 4.78 is 5.34. The third kappa shape index (κ3) is 0.457. The molecule has 3 rings (SSSR count). The van der Waals surface area contributed by atoms with Gasteiger partial charge in [0, 0.05) is 23.9 Å². The molecule has 50 valence electrons. The van der Waals surface area contributed by atoms with Crippen LogP contribution in [0.2, 0.25) is 0 Å².